The van der Waals surface area contributed by atoms with E-state index in [0.717, 1.165) is 10.5 Å². The lowest BCUT2D eigenvalue weighted by Gasteiger charge is -2.48. The summed E-state index contributed by atoms with van der Waals surface area (Å²) in [5.74, 6) is -1.40. The number of aliphatic hydroxyl groups excluding tert-OH is 1. The average molecular weight is 439 g/mol. The molecule has 0 aliphatic carbocycles. The van der Waals surface area contributed by atoms with Crippen LogP contribution in [-0.2, 0) is 9.59 Å². The minimum absolute atomic E-state index is 0.0206. The number of thioether (sulfide) groups is 2. The second-order valence-electron chi connectivity index (χ2n) is 7.00. The maximum absolute atomic E-state index is 11.9. The van der Waals surface area contributed by atoms with Crippen LogP contribution >= 0.6 is 23.5 Å². The number of benzene rings is 1. The SMILES string of the molecule is CCN(CC)CC.Cc1ccc(SC2=C(C(=O)O)N3C(=O)C[C@]3([C@@H](C)O)S2)cc1. The topological polar surface area (TPSA) is 81.1 Å². The highest BCUT2D eigenvalue weighted by Gasteiger charge is 2.62. The summed E-state index contributed by atoms with van der Waals surface area (Å²) in [6, 6.07) is 7.74. The summed E-state index contributed by atoms with van der Waals surface area (Å²) in [5, 5.41) is 19.5. The Morgan fingerprint density at radius 2 is 1.79 bits per heavy atom. The molecule has 160 valence electrons. The molecule has 0 radical (unpaired) electrons. The highest BCUT2D eigenvalue weighted by atomic mass is 32.2. The van der Waals surface area contributed by atoms with E-state index in [2.05, 4.69) is 25.7 Å². The van der Waals surface area contributed by atoms with Crippen molar-refractivity contribution in [2.45, 2.75) is 56.9 Å². The van der Waals surface area contributed by atoms with Gasteiger partial charge in [-0.1, -0.05) is 62.0 Å². The quantitative estimate of drug-likeness (QED) is 0.628. The summed E-state index contributed by atoms with van der Waals surface area (Å²) >= 11 is 2.59. The molecule has 3 rings (SSSR count). The second-order valence-corrected chi connectivity index (χ2v) is 9.67. The number of β-lactam (4-membered cyclic amide) rings is 1. The van der Waals surface area contributed by atoms with Crippen LogP contribution in [0, 0.1) is 6.92 Å². The van der Waals surface area contributed by atoms with E-state index in [1.807, 2.05) is 31.2 Å². The van der Waals surface area contributed by atoms with Crippen LogP contribution in [0.15, 0.2) is 39.1 Å². The molecule has 2 aliphatic rings. The number of amides is 1. The molecule has 2 atom stereocenters. The van der Waals surface area contributed by atoms with Gasteiger partial charge in [0.15, 0.2) is 5.70 Å². The molecule has 0 saturated carbocycles. The van der Waals surface area contributed by atoms with E-state index in [-0.39, 0.29) is 18.0 Å². The first-order valence-electron chi connectivity index (χ1n) is 9.84. The standard InChI is InChI=1S/C15H15NO4S2.C6H15N/c1-8-3-5-10(6-4-8)21-14-12(13(19)20)16-11(18)7-15(16,22-14)9(2)17;1-4-7(5-2)6-3/h3-6,9,17H,7H2,1-2H3,(H,19,20);4-6H2,1-3H3/t9-,15-;/m1./s1. The van der Waals surface area contributed by atoms with E-state index in [4.69, 9.17) is 0 Å². The third-order valence-electron chi connectivity index (χ3n) is 5.15. The molecule has 1 aromatic rings. The van der Waals surface area contributed by atoms with E-state index in [1.165, 1.54) is 48.1 Å². The van der Waals surface area contributed by atoms with Gasteiger partial charge >= 0.3 is 5.97 Å². The van der Waals surface area contributed by atoms with Crippen molar-refractivity contribution in [1.29, 1.82) is 0 Å². The maximum Gasteiger partial charge on any atom is 0.354 e. The number of nitrogens with zero attached hydrogens (tertiary/aromatic N) is 2. The third-order valence-corrected chi connectivity index (χ3v) is 7.93. The van der Waals surface area contributed by atoms with Gasteiger partial charge in [-0.05, 0) is 45.6 Å². The summed E-state index contributed by atoms with van der Waals surface area (Å²) < 4.78 is 0.545. The van der Waals surface area contributed by atoms with Crippen molar-refractivity contribution < 1.29 is 19.8 Å². The number of rotatable bonds is 7. The molecule has 2 heterocycles. The second kappa shape index (κ2) is 10.0. The van der Waals surface area contributed by atoms with E-state index in [9.17, 15) is 19.8 Å². The Labute approximate surface area is 181 Å². The van der Waals surface area contributed by atoms with Gasteiger partial charge in [-0.25, -0.2) is 4.79 Å². The van der Waals surface area contributed by atoms with Crippen LogP contribution in [0.3, 0.4) is 0 Å². The van der Waals surface area contributed by atoms with Crippen molar-refractivity contribution in [2.24, 2.45) is 0 Å². The Bertz CT molecular complexity index is 770. The van der Waals surface area contributed by atoms with Gasteiger partial charge in [0.1, 0.15) is 4.87 Å². The van der Waals surface area contributed by atoms with Gasteiger partial charge in [-0.3, -0.25) is 9.69 Å². The van der Waals surface area contributed by atoms with E-state index >= 15 is 0 Å². The number of aryl methyl sites for hydroxylation is 1. The Morgan fingerprint density at radius 1 is 1.24 bits per heavy atom. The lowest BCUT2D eigenvalue weighted by molar-refractivity contribution is -0.155. The predicted octanol–water partition coefficient (Wildman–Crippen LogP) is 3.75. The highest BCUT2D eigenvalue weighted by molar-refractivity contribution is 8.23. The van der Waals surface area contributed by atoms with Crippen molar-refractivity contribution in [2.75, 3.05) is 19.6 Å². The zero-order valence-electron chi connectivity index (χ0n) is 17.6. The summed E-state index contributed by atoms with van der Waals surface area (Å²) in [4.78, 5) is 27.1. The number of aliphatic carboxylic acids is 1. The molecule has 0 bridgehead atoms. The van der Waals surface area contributed by atoms with Crippen LogP contribution in [0.1, 0.15) is 39.7 Å². The summed E-state index contributed by atoms with van der Waals surface area (Å²) in [6.07, 6.45) is -0.648. The lowest BCUT2D eigenvalue weighted by atomic mass is 9.95. The van der Waals surface area contributed by atoms with Crippen molar-refractivity contribution in [3.05, 3.63) is 39.8 Å². The molecule has 0 unspecified atom stereocenters. The number of carbonyl (C=O) groups is 2. The fraction of sp³-hybridized carbons (Fsp3) is 0.524. The third kappa shape index (κ3) is 4.99. The lowest BCUT2D eigenvalue weighted by Crippen LogP contribution is -2.64. The molecule has 2 aliphatic heterocycles. The van der Waals surface area contributed by atoms with Crippen molar-refractivity contribution in [1.82, 2.24) is 9.80 Å². The van der Waals surface area contributed by atoms with Crippen molar-refractivity contribution >= 4 is 35.4 Å². The van der Waals surface area contributed by atoms with Crippen molar-refractivity contribution in [3.63, 3.8) is 0 Å². The van der Waals surface area contributed by atoms with E-state index in [1.54, 1.807) is 6.92 Å². The highest BCUT2D eigenvalue weighted by Crippen LogP contribution is 2.60. The Hall–Kier alpha value is -1.48. The molecular weight excluding hydrogens is 408 g/mol. The minimum atomic E-state index is -1.14. The first-order chi connectivity index (χ1) is 13.7. The van der Waals surface area contributed by atoms with Gasteiger partial charge in [0.05, 0.1) is 16.8 Å². The van der Waals surface area contributed by atoms with E-state index < -0.39 is 16.9 Å². The number of aliphatic hydroxyl groups is 1. The Morgan fingerprint density at radius 3 is 2.17 bits per heavy atom. The van der Waals surface area contributed by atoms with Crippen LogP contribution in [0.5, 0.6) is 0 Å². The molecule has 29 heavy (non-hydrogen) atoms. The largest absolute Gasteiger partial charge is 0.477 e. The number of hydrogen-bond donors (Lipinski definition) is 2. The van der Waals surface area contributed by atoms with Crippen molar-refractivity contribution in [3.8, 4) is 0 Å². The maximum atomic E-state index is 11.9. The first-order valence-corrected chi connectivity index (χ1v) is 11.5. The summed E-state index contributed by atoms with van der Waals surface area (Å²) in [6.45, 7) is 13.7. The summed E-state index contributed by atoms with van der Waals surface area (Å²) in [5.41, 5.74) is 1.10. The van der Waals surface area contributed by atoms with Crippen LogP contribution in [0.4, 0.5) is 0 Å². The number of hydrogen-bond acceptors (Lipinski definition) is 6. The minimum Gasteiger partial charge on any atom is -0.477 e. The predicted molar refractivity (Wildman–Crippen MR) is 119 cm³/mol. The van der Waals surface area contributed by atoms with Crippen LogP contribution in [0.25, 0.3) is 0 Å². The van der Waals surface area contributed by atoms with Crippen LogP contribution < -0.4 is 0 Å². The number of fused-ring (bicyclic) bond motifs is 1. The van der Waals surface area contributed by atoms with Gasteiger partial charge in [0.25, 0.3) is 0 Å². The average Bonchev–Trinajstić information content (AvgIpc) is 2.95. The van der Waals surface area contributed by atoms with Gasteiger partial charge in [-0.15, -0.1) is 0 Å². The molecule has 6 nitrogen and oxygen atoms in total. The molecule has 8 heteroatoms. The zero-order valence-corrected chi connectivity index (χ0v) is 19.3. The van der Waals surface area contributed by atoms with Gasteiger partial charge in [0, 0.05) is 4.90 Å². The first kappa shape index (κ1) is 23.8. The molecule has 1 amide bonds. The molecule has 0 aromatic heterocycles. The fourth-order valence-corrected chi connectivity index (χ4v) is 6.14. The Balaban J connectivity index is 0.000000370. The molecule has 2 N–H and O–H groups in total. The molecule has 1 aromatic carbocycles. The normalized spacial score (nSPS) is 21.5. The van der Waals surface area contributed by atoms with Gasteiger partial charge in [-0.2, -0.15) is 0 Å². The molecule has 0 spiro atoms. The molecular formula is C21H30N2O4S2. The smallest absolute Gasteiger partial charge is 0.354 e. The summed E-state index contributed by atoms with van der Waals surface area (Å²) in [7, 11) is 0. The van der Waals surface area contributed by atoms with Crippen LogP contribution in [0.2, 0.25) is 0 Å². The number of carboxylic acid groups (broad SMARTS) is 1. The zero-order chi connectivity index (χ0) is 21.8. The monoisotopic (exact) mass is 438 g/mol. The number of carbonyl (C=O) groups excluding carboxylic acids is 1. The number of carboxylic acids is 1. The molecule has 1 fully saturated rings. The van der Waals surface area contributed by atoms with E-state index in [0.29, 0.717) is 4.24 Å². The van der Waals surface area contributed by atoms with Gasteiger partial charge in [0.2, 0.25) is 5.91 Å². The van der Waals surface area contributed by atoms with Gasteiger partial charge < -0.3 is 15.1 Å². The molecule has 1 saturated heterocycles. The van der Waals surface area contributed by atoms with Crippen LogP contribution in [-0.4, -0.2) is 62.5 Å². The fourth-order valence-electron chi connectivity index (χ4n) is 3.25. The Kier molecular flexibility index (Phi) is 8.22.